The van der Waals surface area contributed by atoms with E-state index in [-0.39, 0.29) is 11.6 Å². The lowest BCUT2D eigenvalue weighted by Crippen LogP contribution is -2.39. The van der Waals surface area contributed by atoms with Gasteiger partial charge in [0.1, 0.15) is 0 Å². The van der Waals surface area contributed by atoms with Gasteiger partial charge < -0.3 is 16.0 Å². The monoisotopic (exact) mass is 393 g/mol. The Morgan fingerprint density at radius 1 is 0.923 bits per heavy atom. The first kappa shape index (κ1) is 19.8. The van der Waals surface area contributed by atoms with Crippen LogP contribution in [0.25, 0.3) is 0 Å². The molecule has 0 aliphatic rings. The molecule has 0 aromatic heterocycles. The molecule has 0 spiro atoms. The molecule has 8 heteroatoms. The molecule has 2 aromatic rings. The van der Waals surface area contributed by atoms with Gasteiger partial charge in [-0.1, -0.05) is 35.3 Å². The van der Waals surface area contributed by atoms with Crippen LogP contribution >= 0.6 is 23.2 Å². The summed E-state index contributed by atoms with van der Waals surface area (Å²) in [5.41, 5.74) is 2.74. The van der Waals surface area contributed by atoms with E-state index in [9.17, 15) is 14.4 Å². The predicted octanol–water partition coefficient (Wildman–Crippen LogP) is 3.30. The Kier molecular flexibility index (Phi) is 6.60. The Morgan fingerprint density at radius 3 is 2.23 bits per heavy atom. The van der Waals surface area contributed by atoms with Crippen LogP contribution in [0, 0.1) is 13.8 Å². The Balaban J connectivity index is 1.88. The first-order chi connectivity index (χ1) is 12.3. The van der Waals surface area contributed by atoms with Crippen molar-refractivity contribution in [1.29, 1.82) is 0 Å². The Bertz CT molecular complexity index is 849. The number of anilines is 2. The predicted molar refractivity (Wildman–Crippen MR) is 103 cm³/mol. The Morgan fingerprint density at radius 2 is 1.58 bits per heavy atom. The topological polar surface area (TPSA) is 87.3 Å². The smallest absolute Gasteiger partial charge is 0.313 e. The van der Waals surface area contributed by atoms with E-state index >= 15 is 0 Å². The van der Waals surface area contributed by atoms with Crippen molar-refractivity contribution in [3.05, 3.63) is 57.6 Å². The van der Waals surface area contributed by atoms with Crippen molar-refractivity contribution in [2.45, 2.75) is 13.8 Å². The third-order valence-electron chi connectivity index (χ3n) is 3.32. The zero-order valence-electron chi connectivity index (χ0n) is 14.2. The summed E-state index contributed by atoms with van der Waals surface area (Å²) in [6.45, 7) is 3.38. The number of halogens is 2. The van der Waals surface area contributed by atoms with Crippen LogP contribution in [0.5, 0.6) is 0 Å². The zero-order valence-corrected chi connectivity index (χ0v) is 15.7. The molecule has 0 atom stereocenters. The zero-order chi connectivity index (χ0) is 19.3. The summed E-state index contributed by atoms with van der Waals surface area (Å²) in [6.07, 6.45) is 0. The third-order valence-corrected chi connectivity index (χ3v) is 4.14. The van der Waals surface area contributed by atoms with Crippen molar-refractivity contribution >= 4 is 52.3 Å². The van der Waals surface area contributed by atoms with Gasteiger partial charge in [0.15, 0.2) is 0 Å². The minimum absolute atomic E-state index is 0.196. The first-order valence-electron chi connectivity index (χ1n) is 7.67. The molecule has 6 nitrogen and oxygen atoms in total. The van der Waals surface area contributed by atoms with E-state index in [0.29, 0.717) is 16.4 Å². The van der Waals surface area contributed by atoms with Crippen LogP contribution in [0.2, 0.25) is 10.0 Å². The summed E-state index contributed by atoms with van der Waals surface area (Å²) in [4.78, 5) is 35.6. The van der Waals surface area contributed by atoms with E-state index in [1.807, 2.05) is 19.9 Å². The fourth-order valence-corrected chi connectivity index (χ4v) is 2.62. The summed E-state index contributed by atoms with van der Waals surface area (Å²) in [5.74, 6) is -2.32. The van der Waals surface area contributed by atoms with Crippen LogP contribution in [0.1, 0.15) is 11.1 Å². The summed E-state index contributed by atoms with van der Waals surface area (Å²) < 4.78 is 0. The minimum atomic E-state index is -0.920. The summed E-state index contributed by atoms with van der Waals surface area (Å²) in [7, 11) is 0. The van der Waals surface area contributed by atoms with Gasteiger partial charge in [-0.25, -0.2) is 0 Å². The van der Waals surface area contributed by atoms with Gasteiger partial charge >= 0.3 is 11.8 Å². The van der Waals surface area contributed by atoms with Crippen molar-refractivity contribution < 1.29 is 14.4 Å². The molecule has 0 bridgehead atoms. The van der Waals surface area contributed by atoms with Gasteiger partial charge in [0.05, 0.1) is 22.3 Å². The fraction of sp³-hybridized carbons (Fsp3) is 0.167. The Labute approximate surface area is 160 Å². The van der Waals surface area contributed by atoms with Crippen LogP contribution < -0.4 is 16.0 Å². The van der Waals surface area contributed by atoms with Crippen molar-refractivity contribution in [3.8, 4) is 0 Å². The number of carbonyl (C=O) groups excluding carboxylic acids is 3. The van der Waals surface area contributed by atoms with E-state index in [4.69, 9.17) is 23.2 Å². The second-order valence-corrected chi connectivity index (χ2v) is 6.45. The fourth-order valence-electron chi connectivity index (χ4n) is 2.27. The summed E-state index contributed by atoms with van der Waals surface area (Å²) >= 11 is 11.8. The molecule has 0 fully saturated rings. The van der Waals surface area contributed by atoms with Crippen LogP contribution in [-0.4, -0.2) is 24.3 Å². The maximum atomic E-state index is 11.9. The van der Waals surface area contributed by atoms with E-state index in [1.165, 1.54) is 0 Å². The molecule has 0 radical (unpaired) electrons. The van der Waals surface area contributed by atoms with Crippen LogP contribution in [0.3, 0.4) is 0 Å². The summed E-state index contributed by atoms with van der Waals surface area (Å²) in [5, 5.41) is 7.74. The average molecular weight is 394 g/mol. The quantitative estimate of drug-likeness (QED) is 0.696. The summed E-state index contributed by atoms with van der Waals surface area (Å²) in [6, 6.07) is 10.2. The number of amides is 3. The molecule has 3 N–H and O–H groups in total. The highest BCUT2D eigenvalue weighted by Crippen LogP contribution is 2.29. The molecule has 26 heavy (non-hydrogen) atoms. The van der Waals surface area contributed by atoms with E-state index < -0.39 is 17.7 Å². The van der Waals surface area contributed by atoms with Gasteiger partial charge in [-0.2, -0.15) is 0 Å². The van der Waals surface area contributed by atoms with Gasteiger partial charge in [0.2, 0.25) is 5.91 Å². The average Bonchev–Trinajstić information content (AvgIpc) is 2.55. The number of hydrogen-bond donors (Lipinski definition) is 3. The SMILES string of the molecule is Cc1cc(C)cc(NC(=O)C(=O)NCC(=O)Nc2cccc(Cl)c2Cl)c1. The molecule has 2 rings (SSSR count). The van der Waals surface area contributed by atoms with Gasteiger partial charge in [-0.15, -0.1) is 0 Å². The number of hydrogen-bond acceptors (Lipinski definition) is 3. The van der Waals surface area contributed by atoms with Gasteiger partial charge in [-0.05, 0) is 49.2 Å². The lowest BCUT2D eigenvalue weighted by molar-refractivity contribution is -0.136. The number of rotatable bonds is 4. The number of carbonyl (C=O) groups is 3. The largest absolute Gasteiger partial charge is 0.339 e. The Hall–Kier alpha value is -2.57. The maximum absolute atomic E-state index is 11.9. The molecular formula is C18H17Cl2N3O3. The second-order valence-electron chi connectivity index (χ2n) is 5.66. The van der Waals surface area contributed by atoms with Gasteiger partial charge in [0.25, 0.3) is 0 Å². The van der Waals surface area contributed by atoms with Crippen molar-refractivity contribution in [3.63, 3.8) is 0 Å². The van der Waals surface area contributed by atoms with Crippen LogP contribution in [0.15, 0.2) is 36.4 Å². The highest BCUT2D eigenvalue weighted by Gasteiger charge is 2.16. The van der Waals surface area contributed by atoms with Gasteiger partial charge in [0, 0.05) is 5.69 Å². The molecule has 0 aliphatic heterocycles. The standard InChI is InChI=1S/C18H17Cl2N3O3/c1-10-6-11(2)8-12(7-10)22-18(26)17(25)21-9-15(24)23-14-5-3-4-13(19)16(14)20/h3-8H,9H2,1-2H3,(H,21,25)(H,22,26)(H,23,24). The van der Waals surface area contributed by atoms with Gasteiger partial charge in [-0.3, -0.25) is 14.4 Å². The normalized spacial score (nSPS) is 10.2. The molecule has 0 saturated heterocycles. The molecule has 0 saturated carbocycles. The number of aryl methyl sites for hydroxylation is 2. The first-order valence-corrected chi connectivity index (χ1v) is 8.43. The molecule has 0 heterocycles. The number of benzene rings is 2. The molecule has 136 valence electrons. The van der Waals surface area contributed by atoms with Crippen molar-refractivity contribution in [2.24, 2.45) is 0 Å². The maximum Gasteiger partial charge on any atom is 0.313 e. The van der Waals surface area contributed by atoms with E-state index in [0.717, 1.165) is 11.1 Å². The van der Waals surface area contributed by atoms with E-state index in [2.05, 4.69) is 16.0 Å². The minimum Gasteiger partial charge on any atom is -0.339 e. The van der Waals surface area contributed by atoms with Crippen molar-refractivity contribution in [2.75, 3.05) is 17.2 Å². The lowest BCUT2D eigenvalue weighted by atomic mass is 10.1. The molecular weight excluding hydrogens is 377 g/mol. The van der Waals surface area contributed by atoms with Crippen LogP contribution in [-0.2, 0) is 14.4 Å². The molecule has 0 unspecified atom stereocenters. The highest BCUT2D eigenvalue weighted by atomic mass is 35.5. The van der Waals surface area contributed by atoms with Crippen LogP contribution in [0.4, 0.5) is 11.4 Å². The van der Waals surface area contributed by atoms with E-state index in [1.54, 1.807) is 30.3 Å². The lowest BCUT2D eigenvalue weighted by Gasteiger charge is -2.10. The molecule has 0 aliphatic carbocycles. The molecule has 3 amide bonds. The third kappa shape index (κ3) is 5.47. The number of nitrogens with one attached hydrogen (secondary N) is 3. The second kappa shape index (κ2) is 8.69. The molecule has 2 aromatic carbocycles. The van der Waals surface area contributed by atoms with Crippen molar-refractivity contribution in [1.82, 2.24) is 5.32 Å². The highest BCUT2D eigenvalue weighted by molar-refractivity contribution is 6.44.